The summed E-state index contributed by atoms with van der Waals surface area (Å²) in [5, 5.41) is 11.6. The monoisotopic (exact) mass is 326 g/mol. The second kappa shape index (κ2) is 7.89. The number of rotatable bonds is 7. The number of carboxylic acids is 1. The van der Waals surface area contributed by atoms with E-state index in [0.717, 1.165) is 13.1 Å². The predicted molar refractivity (Wildman–Crippen MR) is 86.8 cm³/mol. The number of carboxylic acid groups (broad SMARTS) is 1. The Morgan fingerprint density at radius 1 is 1.30 bits per heavy atom. The molecule has 7 heteroatoms. The van der Waals surface area contributed by atoms with Crippen molar-refractivity contribution in [3.63, 3.8) is 0 Å². The molecule has 0 aromatic carbocycles. The number of aliphatic carboxylic acids is 1. The number of furan rings is 1. The summed E-state index contributed by atoms with van der Waals surface area (Å²) in [7, 11) is 0. The van der Waals surface area contributed by atoms with Crippen LogP contribution in [0.1, 0.15) is 40.4 Å². The number of carbonyl (C=O) groups is 2. The number of anilines is 1. The number of hydrogen-bond acceptors (Lipinski definition) is 5. The zero-order chi connectivity index (χ0) is 17.6. The lowest BCUT2D eigenvalue weighted by Crippen LogP contribution is -2.44. The number of ether oxygens (including phenoxy) is 1. The topological polar surface area (TPSA) is 92.0 Å². The quantitative estimate of drug-likeness (QED) is 0.800. The maximum atomic E-state index is 11.7. The zero-order valence-electron chi connectivity index (χ0n) is 14.4. The highest BCUT2D eigenvalue weighted by molar-refractivity contribution is 5.80. The van der Waals surface area contributed by atoms with Crippen molar-refractivity contribution in [3.8, 4) is 0 Å². The molecule has 0 aliphatic rings. The lowest BCUT2D eigenvalue weighted by atomic mass is 10.1. The van der Waals surface area contributed by atoms with Gasteiger partial charge in [-0.25, -0.2) is 9.59 Å². The summed E-state index contributed by atoms with van der Waals surface area (Å²) in [6.45, 7) is 10.7. The van der Waals surface area contributed by atoms with E-state index in [0.29, 0.717) is 11.6 Å². The predicted octanol–water partition coefficient (Wildman–Crippen LogP) is 2.65. The Morgan fingerprint density at radius 3 is 2.39 bits per heavy atom. The first-order valence-electron chi connectivity index (χ1n) is 7.72. The Kier molecular flexibility index (Phi) is 6.48. The fourth-order valence-electron chi connectivity index (χ4n) is 2.03. The van der Waals surface area contributed by atoms with Crippen LogP contribution in [-0.2, 0) is 16.0 Å². The third kappa shape index (κ3) is 6.22. The molecule has 1 aromatic rings. The highest BCUT2D eigenvalue weighted by Crippen LogP contribution is 2.19. The van der Waals surface area contributed by atoms with Gasteiger partial charge in [0.1, 0.15) is 17.4 Å². The van der Waals surface area contributed by atoms with E-state index in [-0.39, 0.29) is 6.42 Å². The standard InChI is InChI=1S/C16H26N2O5/c1-6-18(7-2)13-9-8-11(22-13)10-12(14(19)20)17-15(21)23-16(3,4)5/h8-9,12H,6-7,10H2,1-5H3,(H,17,21)(H,19,20). The van der Waals surface area contributed by atoms with Gasteiger partial charge in [-0.3, -0.25) is 0 Å². The molecule has 0 radical (unpaired) electrons. The second-order valence-corrected chi connectivity index (χ2v) is 6.15. The van der Waals surface area contributed by atoms with Crippen LogP contribution in [0.4, 0.5) is 10.7 Å². The van der Waals surface area contributed by atoms with E-state index >= 15 is 0 Å². The first-order valence-corrected chi connectivity index (χ1v) is 7.72. The molecule has 1 atom stereocenters. The van der Waals surface area contributed by atoms with Gasteiger partial charge in [0.25, 0.3) is 0 Å². The molecule has 7 nitrogen and oxygen atoms in total. The summed E-state index contributed by atoms with van der Waals surface area (Å²) >= 11 is 0. The van der Waals surface area contributed by atoms with Gasteiger partial charge in [-0.15, -0.1) is 0 Å². The van der Waals surface area contributed by atoms with E-state index in [2.05, 4.69) is 5.32 Å². The van der Waals surface area contributed by atoms with Crippen molar-refractivity contribution in [2.24, 2.45) is 0 Å². The number of carbonyl (C=O) groups excluding carboxylic acids is 1. The molecule has 0 bridgehead atoms. The van der Waals surface area contributed by atoms with Crippen LogP contribution >= 0.6 is 0 Å². The molecule has 1 aromatic heterocycles. The molecular formula is C16H26N2O5. The lowest BCUT2D eigenvalue weighted by molar-refractivity contribution is -0.139. The highest BCUT2D eigenvalue weighted by Gasteiger charge is 2.25. The molecular weight excluding hydrogens is 300 g/mol. The average Bonchev–Trinajstić information content (AvgIpc) is 2.85. The lowest BCUT2D eigenvalue weighted by Gasteiger charge is -2.21. The molecule has 1 unspecified atom stereocenters. The van der Waals surface area contributed by atoms with Crippen LogP contribution in [-0.4, -0.2) is 41.9 Å². The molecule has 130 valence electrons. The van der Waals surface area contributed by atoms with Gasteiger partial charge in [-0.1, -0.05) is 0 Å². The van der Waals surface area contributed by atoms with Crippen LogP contribution in [0.15, 0.2) is 16.5 Å². The van der Waals surface area contributed by atoms with Gasteiger partial charge in [0.05, 0.1) is 0 Å². The van der Waals surface area contributed by atoms with Crippen LogP contribution in [0.3, 0.4) is 0 Å². The summed E-state index contributed by atoms with van der Waals surface area (Å²) in [5.41, 5.74) is -0.687. The first kappa shape index (κ1) is 18.9. The average molecular weight is 326 g/mol. The van der Waals surface area contributed by atoms with Crippen molar-refractivity contribution in [2.45, 2.75) is 52.7 Å². The molecule has 0 fully saturated rings. The highest BCUT2D eigenvalue weighted by atomic mass is 16.6. The van der Waals surface area contributed by atoms with Crippen LogP contribution in [0.2, 0.25) is 0 Å². The largest absolute Gasteiger partial charge is 0.480 e. The van der Waals surface area contributed by atoms with Crippen molar-refractivity contribution in [3.05, 3.63) is 17.9 Å². The van der Waals surface area contributed by atoms with Gasteiger partial charge in [0, 0.05) is 25.6 Å². The fraction of sp³-hybridized carbons (Fsp3) is 0.625. The van der Waals surface area contributed by atoms with Crippen LogP contribution in [0.5, 0.6) is 0 Å². The van der Waals surface area contributed by atoms with E-state index in [1.807, 2.05) is 18.7 Å². The Morgan fingerprint density at radius 2 is 1.91 bits per heavy atom. The molecule has 23 heavy (non-hydrogen) atoms. The Labute approximate surface area is 136 Å². The second-order valence-electron chi connectivity index (χ2n) is 6.15. The number of nitrogens with zero attached hydrogens (tertiary/aromatic N) is 1. The Bertz CT molecular complexity index is 529. The number of amides is 1. The molecule has 0 saturated carbocycles. The fourth-order valence-corrected chi connectivity index (χ4v) is 2.03. The maximum absolute atomic E-state index is 11.7. The van der Waals surface area contributed by atoms with Crippen molar-refractivity contribution in [1.29, 1.82) is 0 Å². The smallest absolute Gasteiger partial charge is 0.408 e. The number of hydrogen-bond donors (Lipinski definition) is 2. The van der Waals surface area contributed by atoms with E-state index < -0.39 is 23.7 Å². The minimum atomic E-state index is -1.14. The van der Waals surface area contributed by atoms with Gasteiger partial charge >= 0.3 is 12.1 Å². The van der Waals surface area contributed by atoms with Gasteiger partial charge in [0.15, 0.2) is 5.88 Å². The third-order valence-electron chi connectivity index (χ3n) is 3.12. The molecule has 0 aliphatic heterocycles. The van der Waals surface area contributed by atoms with Crippen molar-refractivity contribution < 1.29 is 23.8 Å². The summed E-state index contributed by atoms with van der Waals surface area (Å²) in [6.07, 6.45) is -0.712. The van der Waals surface area contributed by atoms with Crippen molar-refractivity contribution in [1.82, 2.24) is 5.32 Å². The van der Waals surface area contributed by atoms with Crippen molar-refractivity contribution >= 4 is 17.9 Å². The van der Waals surface area contributed by atoms with E-state index in [1.165, 1.54) is 0 Å². The molecule has 1 heterocycles. The molecule has 0 aliphatic carbocycles. The third-order valence-corrected chi connectivity index (χ3v) is 3.12. The normalized spacial score (nSPS) is 12.6. The minimum Gasteiger partial charge on any atom is -0.480 e. The number of alkyl carbamates (subject to hydrolysis) is 1. The maximum Gasteiger partial charge on any atom is 0.408 e. The molecule has 0 spiro atoms. The van der Waals surface area contributed by atoms with E-state index in [9.17, 15) is 14.7 Å². The zero-order valence-corrected chi connectivity index (χ0v) is 14.4. The van der Waals surface area contributed by atoms with Gasteiger partial charge in [-0.2, -0.15) is 0 Å². The van der Waals surface area contributed by atoms with Crippen LogP contribution < -0.4 is 10.2 Å². The first-order chi connectivity index (χ1) is 10.7. The summed E-state index contributed by atoms with van der Waals surface area (Å²) < 4.78 is 10.7. The molecule has 1 rings (SSSR count). The van der Waals surface area contributed by atoms with Gasteiger partial charge in [0.2, 0.25) is 0 Å². The number of nitrogens with one attached hydrogen (secondary N) is 1. The molecule has 0 saturated heterocycles. The SMILES string of the molecule is CCN(CC)c1ccc(CC(NC(=O)OC(C)(C)C)C(=O)O)o1. The molecule has 1 amide bonds. The summed E-state index contributed by atoms with van der Waals surface area (Å²) in [5.74, 6) is 0.0402. The van der Waals surface area contributed by atoms with Crippen molar-refractivity contribution in [2.75, 3.05) is 18.0 Å². The summed E-state index contributed by atoms with van der Waals surface area (Å²) in [6, 6.07) is 2.41. The molecule has 2 N–H and O–H groups in total. The minimum absolute atomic E-state index is 0.0514. The Hall–Kier alpha value is -2.18. The van der Waals surface area contributed by atoms with Gasteiger partial charge in [-0.05, 0) is 40.7 Å². The van der Waals surface area contributed by atoms with E-state index in [4.69, 9.17) is 9.15 Å². The Balaban J connectivity index is 2.73. The van der Waals surface area contributed by atoms with Crippen LogP contribution in [0, 0.1) is 0 Å². The van der Waals surface area contributed by atoms with E-state index in [1.54, 1.807) is 32.9 Å². The van der Waals surface area contributed by atoms with Gasteiger partial charge < -0.3 is 24.5 Å². The van der Waals surface area contributed by atoms with Crippen LogP contribution in [0.25, 0.3) is 0 Å². The summed E-state index contributed by atoms with van der Waals surface area (Å²) in [4.78, 5) is 25.1.